The summed E-state index contributed by atoms with van der Waals surface area (Å²) in [6, 6.07) is 2.53. The van der Waals surface area contributed by atoms with Gasteiger partial charge in [0.2, 0.25) is 0 Å². The molecule has 0 saturated heterocycles. The highest BCUT2D eigenvalue weighted by Crippen LogP contribution is 2.33. The molecule has 0 aliphatic heterocycles. The van der Waals surface area contributed by atoms with Gasteiger partial charge in [-0.3, -0.25) is 0 Å². The Kier molecular flexibility index (Phi) is 5.30. The van der Waals surface area contributed by atoms with Gasteiger partial charge in [0.05, 0.1) is 6.04 Å². The lowest BCUT2D eigenvalue weighted by Crippen LogP contribution is -2.25. The van der Waals surface area contributed by atoms with Crippen molar-refractivity contribution in [3.63, 3.8) is 0 Å². The number of benzene rings is 1. The van der Waals surface area contributed by atoms with Crippen molar-refractivity contribution in [2.75, 3.05) is 6.54 Å². The quantitative estimate of drug-likeness (QED) is 0.780. The van der Waals surface area contributed by atoms with Gasteiger partial charge in [-0.1, -0.05) is 31.1 Å². The standard InChI is InChI=1S/C17H23F2N/c1-3-20-17(13-8-6-4-5-7-9-13)15-14(18)11-10-12(2)16(15)19/h8,10-11,17,20H,3-7,9H2,1-2H3. The van der Waals surface area contributed by atoms with Crippen molar-refractivity contribution in [1.29, 1.82) is 0 Å². The summed E-state index contributed by atoms with van der Waals surface area (Å²) in [4.78, 5) is 0. The molecule has 20 heavy (non-hydrogen) atoms. The zero-order valence-electron chi connectivity index (χ0n) is 12.3. The van der Waals surface area contributed by atoms with Crippen LogP contribution in [0.4, 0.5) is 8.78 Å². The Labute approximate surface area is 120 Å². The van der Waals surface area contributed by atoms with Gasteiger partial charge in [-0.05, 0) is 50.8 Å². The van der Waals surface area contributed by atoms with Crippen LogP contribution in [0.1, 0.15) is 56.2 Å². The Morgan fingerprint density at radius 3 is 2.75 bits per heavy atom. The third kappa shape index (κ3) is 3.26. The predicted octanol–water partition coefficient (Wildman–Crippen LogP) is 4.81. The second-order valence-electron chi connectivity index (χ2n) is 5.46. The molecule has 0 radical (unpaired) electrons. The number of likely N-dealkylation sites (N-methyl/N-ethyl adjacent to an activating group) is 1. The smallest absolute Gasteiger partial charge is 0.134 e. The fourth-order valence-electron chi connectivity index (χ4n) is 2.87. The lowest BCUT2D eigenvalue weighted by Gasteiger charge is -2.23. The molecule has 1 aromatic rings. The Hall–Kier alpha value is -1.22. The normalized spacial score (nSPS) is 17.5. The molecule has 110 valence electrons. The first-order valence-electron chi connectivity index (χ1n) is 7.52. The lowest BCUT2D eigenvalue weighted by atomic mass is 9.93. The minimum Gasteiger partial charge on any atom is -0.307 e. The fourth-order valence-corrected chi connectivity index (χ4v) is 2.87. The van der Waals surface area contributed by atoms with E-state index in [1.54, 1.807) is 6.92 Å². The Morgan fingerprint density at radius 2 is 2.00 bits per heavy atom. The van der Waals surface area contributed by atoms with Gasteiger partial charge in [0.25, 0.3) is 0 Å². The van der Waals surface area contributed by atoms with E-state index in [-0.39, 0.29) is 11.6 Å². The highest BCUT2D eigenvalue weighted by molar-refractivity contribution is 5.35. The van der Waals surface area contributed by atoms with E-state index in [1.165, 1.54) is 25.0 Å². The molecule has 1 unspecified atom stereocenters. The fraction of sp³-hybridized carbons (Fsp3) is 0.529. The molecule has 0 amide bonds. The molecule has 0 aromatic heterocycles. The summed E-state index contributed by atoms with van der Waals surface area (Å²) in [5, 5.41) is 3.26. The Bertz CT molecular complexity index is 494. The van der Waals surface area contributed by atoms with Crippen molar-refractivity contribution in [3.05, 3.63) is 46.5 Å². The second-order valence-corrected chi connectivity index (χ2v) is 5.46. The summed E-state index contributed by atoms with van der Waals surface area (Å²) in [5.74, 6) is -0.870. The van der Waals surface area contributed by atoms with Crippen LogP contribution in [0.3, 0.4) is 0 Å². The molecular weight excluding hydrogens is 256 g/mol. The van der Waals surface area contributed by atoms with Gasteiger partial charge in [0, 0.05) is 5.56 Å². The number of allylic oxidation sites excluding steroid dienone is 1. The summed E-state index contributed by atoms with van der Waals surface area (Å²) in [5.41, 5.74) is 1.81. The summed E-state index contributed by atoms with van der Waals surface area (Å²) in [6.45, 7) is 4.34. The van der Waals surface area contributed by atoms with Crippen LogP contribution in [0.2, 0.25) is 0 Å². The van der Waals surface area contributed by atoms with Crippen molar-refractivity contribution in [2.45, 2.75) is 52.0 Å². The molecule has 0 fully saturated rings. The third-order valence-electron chi connectivity index (χ3n) is 3.96. The molecule has 0 saturated carbocycles. The van der Waals surface area contributed by atoms with Crippen LogP contribution in [0.25, 0.3) is 0 Å². The first-order valence-corrected chi connectivity index (χ1v) is 7.52. The molecule has 3 heteroatoms. The molecule has 0 bridgehead atoms. The number of rotatable bonds is 4. The van der Waals surface area contributed by atoms with Crippen molar-refractivity contribution < 1.29 is 8.78 Å². The number of hydrogen-bond donors (Lipinski definition) is 1. The predicted molar refractivity (Wildman–Crippen MR) is 78.7 cm³/mol. The van der Waals surface area contributed by atoms with Crippen molar-refractivity contribution in [2.24, 2.45) is 0 Å². The molecule has 1 atom stereocenters. The summed E-state index contributed by atoms with van der Waals surface area (Å²) in [7, 11) is 0. The zero-order valence-corrected chi connectivity index (χ0v) is 12.3. The van der Waals surface area contributed by atoms with Crippen molar-refractivity contribution in [3.8, 4) is 0 Å². The van der Waals surface area contributed by atoms with E-state index in [2.05, 4.69) is 11.4 Å². The SMILES string of the molecule is CCNC(C1=CCCCCC1)c1c(F)ccc(C)c1F. The average Bonchev–Trinajstić information content (AvgIpc) is 2.71. The van der Waals surface area contributed by atoms with Crippen LogP contribution in [-0.4, -0.2) is 6.54 Å². The van der Waals surface area contributed by atoms with E-state index in [4.69, 9.17) is 0 Å². The summed E-state index contributed by atoms with van der Waals surface area (Å²) >= 11 is 0. The molecule has 1 N–H and O–H groups in total. The minimum atomic E-state index is -0.454. The average molecular weight is 279 g/mol. The number of aryl methyl sites for hydroxylation is 1. The second kappa shape index (κ2) is 6.98. The van der Waals surface area contributed by atoms with Crippen LogP contribution < -0.4 is 5.32 Å². The summed E-state index contributed by atoms with van der Waals surface area (Å²) in [6.07, 6.45) is 7.56. The van der Waals surface area contributed by atoms with Gasteiger partial charge in [0.1, 0.15) is 11.6 Å². The van der Waals surface area contributed by atoms with Crippen LogP contribution in [0.15, 0.2) is 23.8 Å². The minimum absolute atomic E-state index is 0.181. The van der Waals surface area contributed by atoms with Crippen LogP contribution in [-0.2, 0) is 0 Å². The molecule has 1 aromatic carbocycles. The van der Waals surface area contributed by atoms with Gasteiger partial charge in [-0.2, -0.15) is 0 Å². The molecule has 1 nitrogen and oxygen atoms in total. The van der Waals surface area contributed by atoms with E-state index >= 15 is 0 Å². The number of halogens is 2. The first-order chi connectivity index (χ1) is 9.65. The van der Waals surface area contributed by atoms with Crippen LogP contribution >= 0.6 is 0 Å². The molecule has 1 aliphatic rings. The third-order valence-corrected chi connectivity index (χ3v) is 3.96. The van der Waals surface area contributed by atoms with Gasteiger partial charge in [-0.25, -0.2) is 8.78 Å². The highest BCUT2D eigenvalue weighted by atomic mass is 19.1. The lowest BCUT2D eigenvalue weighted by molar-refractivity contribution is 0.494. The van der Waals surface area contributed by atoms with Gasteiger partial charge >= 0.3 is 0 Å². The van der Waals surface area contributed by atoms with E-state index < -0.39 is 11.6 Å². The molecule has 1 aliphatic carbocycles. The Balaban J connectivity index is 2.42. The van der Waals surface area contributed by atoms with Gasteiger partial charge in [-0.15, -0.1) is 0 Å². The van der Waals surface area contributed by atoms with E-state index in [0.29, 0.717) is 12.1 Å². The molecule has 0 heterocycles. The van der Waals surface area contributed by atoms with E-state index in [9.17, 15) is 8.78 Å². The topological polar surface area (TPSA) is 12.0 Å². The molecule has 0 spiro atoms. The Morgan fingerprint density at radius 1 is 1.20 bits per heavy atom. The van der Waals surface area contributed by atoms with Gasteiger partial charge in [0.15, 0.2) is 0 Å². The highest BCUT2D eigenvalue weighted by Gasteiger charge is 2.24. The maximum atomic E-state index is 14.4. The zero-order chi connectivity index (χ0) is 14.5. The largest absolute Gasteiger partial charge is 0.307 e. The maximum Gasteiger partial charge on any atom is 0.134 e. The number of nitrogens with one attached hydrogen (secondary N) is 1. The maximum absolute atomic E-state index is 14.4. The van der Waals surface area contributed by atoms with E-state index in [1.807, 2.05) is 6.92 Å². The van der Waals surface area contributed by atoms with Crippen molar-refractivity contribution in [1.82, 2.24) is 5.32 Å². The van der Waals surface area contributed by atoms with Crippen LogP contribution in [0, 0.1) is 18.6 Å². The molecular formula is C17H23F2N. The van der Waals surface area contributed by atoms with Gasteiger partial charge < -0.3 is 5.32 Å². The molecule has 2 rings (SSSR count). The monoisotopic (exact) mass is 279 g/mol. The first kappa shape index (κ1) is 15.2. The summed E-state index contributed by atoms with van der Waals surface area (Å²) < 4.78 is 28.5. The number of hydrogen-bond acceptors (Lipinski definition) is 1. The van der Waals surface area contributed by atoms with Crippen LogP contribution in [0.5, 0.6) is 0 Å². The van der Waals surface area contributed by atoms with Crippen molar-refractivity contribution >= 4 is 0 Å². The van der Waals surface area contributed by atoms with E-state index in [0.717, 1.165) is 24.8 Å².